The molecule has 1 fully saturated rings. The molecule has 1 aliphatic heterocycles. The Morgan fingerprint density at radius 3 is 2.14 bits per heavy atom. The molecule has 0 radical (unpaired) electrons. The van der Waals surface area contributed by atoms with E-state index in [0.29, 0.717) is 35.6 Å². The van der Waals surface area contributed by atoms with Crippen LogP contribution in [0.1, 0.15) is 22.3 Å². The number of nitrogens with zero attached hydrogens (tertiary/aromatic N) is 2. The highest BCUT2D eigenvalue weighted by atomic mass is 16.6. The lowest BCUT2D eigenvalue weighted by Gasteiger charge is -2.27. The SMILES string of the molecule is CONC(=O)C1(COc2ccc(-c3ccc(C#N)cc3)cc2)CCN(C(=O)c2ccc(OC)cc2)C1. The van der Waals surface area contributed by atoms with E-state index < -0.39 is 5.41 Å². The van der Waals surface area contributed by atoms with Crippen molar-refractivity contribution in [1.29, 1.82) is 5.26 Å². The Kier molecular flexibility index (Phi) is 7.52. The molecule has 3 aromatic carbocycles. The molecule has 184 valence electrons. The van der Waals surface area contributed by atoms with Crippen LogP contribution in [0.4, 0.5) is 0 Å². The van der Waals surface area contributed by atoms with Crippen LogP contribution in [0, 0.1) is 16.7 Å². The molecule has 36 heavy (non-hydrogen) atoms. The number of ether oxygens (including phenoxy) is 2. The molecule has 1 saturated heterocycles. The van der Waals surface area contributed by atoms with Gasteiger partial charge in [-0.2, -0.15) is 5.26 Å². The molecule has 1 N–H and O–H groups in total. The number of hydrogen-bond donors (Lipinski definition) is 1. The first-order valence-electron chi connectivity index (χ1n) is 11.5. The minimum absolute atomic E-state index is 0.0881. The average molecular weight is 486 g/mol. The number of nitriles is 1. The number of rotatable bonds is 8. The van der Waals surface area contributed by atoms with Gasteiger partial charge < -0.3 is 14.4 Å². The number of benzene rings is 3. The smallest absolute Gasteiger partial charge is 0.255 e. The van der Waals surface area contributed by atoms with Crippen molar-refractivity contribution < 1.29 is 23.9 Å². The standard InChI is InChI=1S/C28H27N3O5/c1-34-24-11-9-23(10-12-24)26(32)31-16-15-28(18-31,27(33)30-35-2)19-36-25-13-7-22(8-14-25)21-5-3-20(17-29)4-6-21/h3-14H,15-16,18-19H2,1-2H3,(H,30,33). The van der Waals surface area contributed by atoms with Crippen LogP contribution in [-0.2, 0) is 9.63 Å². The van der Waals surface area contributed by atoms with Gasteiger partial charge in [0.2, 0.25) is 0 Å². The lowest BCUT2D eigenvalue weighted by Crippen LogP contribution is -2.47. The van der Waals surface area contributed by atoms with Crippen molar-refractivity contribution in [2.45, 2.75) is 6.42 Å². The molecule has 1 unspecified atom stereocenters. The van der Waals surface area contributed by atoms with Crippen molar-refractivity contribution in [2.75, 3.05) is 33.9 Å². The summed E-state index contributed by atoms with van der Waals surface area (Å²) in [7, 11) is 2.95. The summed E-state index contributed by atoms with van der Waals surface area (Å²) < 4.78 is 11.2. The molecule has 0 bridgehead atoms. The maximum Gasteiger partial charge on any atom is 0.255 e. The van der Waals surface area contributed by atoms with Crippen molar-refractivity contribution in [3.05, 3.63) is 83.9 Å². The lowest BCUT2D eigenvalue weighted by molar-refractivity contribution is -0.143. The molecule has 8 heteroatoms. The van der Waals surface area contributed by atoms with E-state index in [0.717, 1.165) is 11.1 Å². The van der Waals surface area contributed by atoms with E-state index >= 15 is 0 Å². The summed E-state index contributed by atoms with van der Waals surface area (Å²) in [6.45, 7) is 0.712. The summed E-state index contributed by atoms with van der Waals surface area (Å²) in [6.07, 6.45) is 0.438. The Morgan fingerprint density at radius 1 is 0.944 bits per heavy atom. The van der Waals surface area contributed by atoms with Gasteiger partial charge in [-0.25, -0.2) is 5.48 Å². The van der Waals surface area contributed by atoms with Crippen LogP contribution in [0.5, 0.6) is 11.5 Å². The van der Waals surface area contributed by atoms with Crippen LogP contribution in [0.15, 0.2) is 72.8 Å². The van der Waals surface area contributed by atoms with Crippen molar-refractivity contribution in [1.82, 2.24) is 10.4 Å². The Labute approximate surface area is 210 Å². The predicted octanol–water partition coefficient (Wildman–Crippen LogP) is 3.82. The summed E-state index contributed by atoms with van der Waals surface area (Å²) in [5.41, 5.74) is 4.57. The highest BCUT2D eigenvalue weighted by molar-refractivity contribution is 5.95. The zero-order chi connectivity index (χ0) is 25.5. The summed E-state index contributed by atoms with van der Waals surface area (Å²) in [5.74, 6) is 0.790. The molecule has 1 aliphatic rings. The molecule has 3 aromatic rings. The van der Waals surface area contributed by atoms with Crippen molar-refractivity contribution in [3.63, 3.8) is 0 Å². The highest BCUT2D eigenvalue weighted by Crippen LogP contribution is 2.33. The zero-order valence-corrected chi connectivity index (χ0v) is 20.2. The third-order valence-corrected chi connectivity index (χ3v) is 6.37. The minimum Gasteiger partial charge on any atom is -0.497 e. The minimum atomic E-state index is -0.954. The average Bonchev–Trinajstić information content (AvgIpc) is 3.38. The number of amides is 2. The second-order valence-electron chi connectivity index (χ2n) is 8.62. The molecule has 4 rings (SSSR count). The van der Waals surface area contributed by atoms with E-state index in [1.54, 1.807) is 48.4 Å². The Balaban J connectivity index is 1.45. The molecular formula is C28H27N3O5. The van der Waals surface area contributed by atoms with Crippen LogP contribution < -0.4 is 15.0 Å². The van der Waals surface area contributed by atoms with Gasteiger partial charge in [0.05, 0.1) is 25.9 Å². The summed E-state index contributed by atoms with van der Waals surface area (Å²) in [4.78, 5) is 32.6. The number of likely N-dealkylation sites (tertiary alicyclic amines) is 1. The van der Waals surface area contributed by atoms with Gasteiger partial charge in [0.1, 0.15) is 23.5 Å². The largest absolute Gasteiger partial charge is 0.497 e. The maximum atomic E-state index is 13.1. The number of hydrogen-bond acceptors (Lipinski definition) is 6. The molecule has 1 heterocycles. The molecule has 2 amide bonds. The molecule has 0 spiro atoms. The van der Waals surface area contributed by atoms with Gasteiger partial charge in [-0.3, -0.25) is 14.4 Å². The first-order valence-corrected chi connectivity index (χ1v) is 11.5. The molecule has 0 aromatic heterocycles. The van der Waals surface area contributed by atoms with E-state index in [-0.39, 0.29) is 25.0 Å². The van der Waals surface area contributed by atoms with Crippen LogP contribution in [0.25, 0.3) is 11.1 Å². The number of carbonyl (C=O) groups is 2. The van der Waals surface area contributed by atoms with Gasteiger partial charge in [-0.1, -0.05) is 24.3 Å². The Hall–Kier alpha value is -4.35. The van der Waals surface area contributed by atoms with Crippen LogP contribution in [0.3, 0.4) is 0 Å². The van der Waals surface area contributed by atoms with E-state index in [9.17, 15) is 9.59 Å². The lowest BCUT2D eigenvalue weighted by atomic mass is 9.87. The second kappa shape index (κ2) is 10.9. The Morgan fingerprint density at radius 2 is 1.56 bits per heavy atom. The number of carbonyl (C=O) groups excluding carboxylic acids is 2. The zero-order valence-electron chi connectivity index (χ0n) is 20.2. The molecule has 8 nitrogen and oxygen atoms in total. The first-order chi connectivity index (χ1) is 17.5. The number of methoxy groups -OCH3 is 1. The Bertz CT molecular complexity index is 1250. The molecule has 1 atom stereocenters. The van der Waals surface area contributed by atoms with Crippen LogP contribution >= 0.6 is 0 Å². The van der Waals surface area contributed by atoms with Gasteiger partial charge in [-0.15, -0.1) is 0 Å². The fourth-order valence-electron chi connectivity index (χ4n) is 4.23. The summed E-state index contributed by atoms with van der Waals surface area (Å²) >= 11 is 0. The maximum absolute atomic E-state index is 13.1. The predicted molar refractivity (Wildman–Crippen MR) is 133 cm³/mol. The van der Waals surface area contributed by atoms with Crippen molar-refractivity contribution in [2.24, 2.45) is 5.41 Å². The van der Waals surface area contributed by atoms with Gasteiger partial charge in [0.25, 0.3) is 11.8 Å². The van der Waals surface area contributed by atoms with E-state index in [1.807, 2.05) is 36.4 Å². The quantitative estimate of drug-likeness (QED) is 0.487. The van der Waals surface area contributed by atoms with Crippen LogP contribution in [-0.4, -0.2) is 50.6 Å². The van der Waals surface area contributed by atoms with Gasteiger partial charge >= 0.3 is 0 Å². The highest BCUT2D eigenvalue weighted by Gasteiger charge is 2.47. The third kappa shape index (κ3) is 5.32. The van der Waals surface area contributed by atoms with Gasteiger partial charge in [0, 0.05) is 18.7 Å². The monoisotopic (exact) mass is 485 g/mol. The molecule has 0 saturated carbocycles. The van der Waals surface area contributed by atoms with E-state index in [1.165, 1.54) is 7.11 Å². The normalized spacial score (nSPS) is 16.8. The second-order valence-corrected chi connectivity index (χ2v) is 8.62. The van der Waals surface area contributed by atoms with E-state index in [4.69, 9.17) is 19.6 Å². The number of hydroxylamine groups is 1. The van der Waals surface area contributed by atoms with Crippen molar-refractivity contribution in [3.8, 4) is 28.7 Å². The topological polar surface area (TPSA) is 101 Å². The van der Waals surface area contributed by atoms with E-state index in [2.05, 4.69) is 11.5 Å². The fourth-order valence-corrected chi connectivity index (χ4v) is 4.23. The summed E-state index contributed by atoms with van der Waals surface area (Å²) in [5, 5.41) is 8.97. The van der Waals surface area contributed by atoms with Crippen LogP contribution in [0.2, 0.25) is 0 Å². The molecule has 0 aliphatic carbocycles. The van der Waals surface area contributed by atoms with Gasteiger partial charge in [0.15, 0.2) is 0 Å². The molecular weight excluding hydrogens is 458 g/mol. The first kappa shape index (κ1) is 24.8. The fraction of sp³-hybridized carbons (Fsp3) is 0.250. The number of nitrogens with one attached hydrogen (secondary N) is 1. The third-order valence-electron chi connectivity index (χ3n) is 6.37. The van der Waals surface area contributed by atoms with Gasteiger partial charge in [-0.05, 0) is 66.1 Å². The van der Waals surface area contributed by atoms with Crippen molar-refractivity contribution >= 4 is 11.8 Å². The summed E-state index contributed by atoms with van der Waals surface area (Å²) in [6, 6.07) is 23.9.